The number of hydrogen-bond donors (Lipinski definition) is 9. The number of aliphatic carboxylic acids is 2. The lowest BCUT2D eigenvalue weighted by atomic mass is 10.0. The molecular weight excluding hydrogens is 494 g/mol. The fraction of sp³-hybridized carbons (Fsp3) is 0.409. The summed E-state index contributed by atoms with van der Waals surface area (Å²) in [6.45, 7) is 1.30. The van der Waals surface area contributed by atoms with Crippen molar-refractivity contribution in [1.29, 1.82) is 0 Å². The predicted octanol–water partition coefficient (Wildman–Crippen LogP) is -1.64. The third-order valence-corrected chi connectivity index (χ3v) is 5.73. The Hall–Kier alpha value is -3.62. The minimum absolute atomic E-state index is 0.0819. The molecule has 0 aliphatic heterocycles. The highest BCUT2D eigenvalue weighted by Crippen LogP contribution is 2.19. The molecule has 0 spiro atoms. The number of thiol groups is 1. The molecule has 36 heavy (non-hydrogen) atoms. The van der Waals surface area contributed by atoms with Crippen LogP contribution in [0.4, 0.5) is 0 Å². The van der Waals surface area contributed by atoms with E-state index < -0.39 is 66.4 Å². The molecule has 1 heterocycles. The van der Waals surface area contributed by atoms with E-state index in [-0.39, 0.29) is 12.2 Å². The van der Waals surface area contributed by atoms with E-state index in [9.17, 15) is 34.2 Å². The number of aliphatic hydroxyl groups excluding tert-OH is 1. The van der Waals surface area contributed by atoms with E-state index in [2.05, 4.69) is 33.6 Å². The molecule has 13 nitrogen and oxygen atoms in total. The van der Waals surface area contributed by atoms with Crippen molar-refractivity contribution in [2.24, 2.45) is 5.73 Å². The van der Waals surface area contributed by atoms with E-state index in [1.807, 2.05) is 0 Å². The lowest BCUT2D eigenvalue weighted by Gasteiger charge is -2.24. The van der Waals surface area contributed by atoms with E-state index in [1.54, 1.807) is 30.5 Å². The van der Waals surface area contributed by atoms with Crippen molar-refractivity contribution >= 4 is 53.2 Å². The molecule has 1 aromatic heterocycles. The van der Waals surface area contributed by atoms with Crippen molar-refractivity contribution in [1.82, 2.24) is 20.9 Å². The van der Waals surface area contributed by atoms with Gasteiger partial charge in [0.1, 0.15) is 24.2 Å². The molecular formula is C22H29N5O8S. The summed E-state index contributed by atoms with van der Waals surface area (Å²) in [5, 5.41) is 35.5. The highest BCUT2D eigenvalue weighted by molar-refractivity contribution is 7.80. The maximum Gasteiger partial charge on any atom is 0.326 e. The van der Waals surface area contributed by atoms with Gasteiger partial charge in [-0.2, -0.15) is 12.6 Å². The number of fused-ring (bicyclic) bond motifs is 1. The highest BCUT2D eigenvalue weighted by Gasteiger charge is 2.31. The van der Waals surface area contributed by atoms with Gasteiger partial charge in [-0.1, -0.05) is 18.2 Å². The van der Waals surface area contributed by atoms with Gasteiger partial charge in [-0.25, -0.2) is 4.79 Å². The second-order valence-corrected chi connectivity index (χ2v) is 8.50. The van der Waals surface area contributed by atoms with Gasteiger partial charge >= 0.3 is 11.9 Å². The van der Waals surface area contributed by atoms with Crippen molar-refractivity contribution < 1.29 is 39.3 Å². The molecule has 5 atom stereocenters. The summed E-state index contributed by atoms with van der Waals surface area (Å²) in [4.78, 5) is 63.6. The lowest BCUT2D eigenvalue weighted by molar-refractivity contribution is -0.147. The SMILES string of the molecule is CC(O)C(N)C(=O)NC(CS)C(=O)NC(Cc1c[nH]c2ccccc12)C(=O)NC(CC(=O)O)C(=O)O. The van der Waals surface area contributed by atoms with Crippen LogP contribution in [-0.4, -0.2) is 86.0 Å². The van der Waals surface area contributed by atoms with Gasteiger partial charge in [0.2, 0.25) is 17.7 Å². The van der Waals surface area contributed by atoms with Gasteiger partial charge < -0.3 is 42.0 Å². The third-order valence-electron chi connectivity index (χ3n) is 5.36. The number of amides is 3. The van der Waals surface area contributed by atoms with Gasteiger partial charge in [0, 0.05) is 29.3 Å². The normalized spacial score (nSPS) is 15.2. The van der Waals surface area contributed by atoms with Gasteiger partial charge in [-0.15, -0.1) is 0 Å². The molecule has 9 N–H and O–H groups in total. The Morgan fingerprint density at radius 3 is 2.14 bits per heavy atom. The van der Waals surface area contributed by atoms with Crippen molar-refractivity contribution in [3.8, 4) is 0 Å². The fourth-order valence-electron chi connectivity index (χ4n) is 3.33. The summed E-state index contributed by atoms with van der Waals surface area (Å²) in [6, 6.07) is 1.55. The Bertz CT molecular complexity index is 1120. The molecule has 196 valence electrons. The number of H-pyrrole nitrogens is 1. The first kappa shape index (κ1) is 28.6. The number of rotatable bonds is 13. The van der Waals surface area contributed by atoms with Crippen LogP contribution in [-0.2, 0) is 30.4 Å². The number of hydrogen-bond acceptors (Lipinski definition) is 8. The summed E-state index contributed by atoms with van der Waals surface area (Å²) < 4.78 is 0. The standard InChI is InChI=1S/C22H29N5O8S/c1-10(28)18(23)21(33)27-16(9-36)20(32)25-14(19(31)26-15(22(34)35)7-17(29)30)6-11-8-24-13-5-3-2-4-12(11)13/h2-5,8,10,14-16,18,24,28,36H,6-7,9,23H2,1H3,(H,25,32)(H,26,31)(H,27,33)(H,29,30)(H,34,35). The zero-order valence-corrected chi connectivity index (χ0v) is 20.2. The molecule has 0 saturated heterocycles. The molecule has 2 aromatic rings. The van der Waals surface area contributed by atoms with Crippen LogP contribution in [0.5, 0.6) is 0 Å². The van der Waals surface area contributed by atoms with Gasteiger partial charge in [-0.3, -0.25) is 19.2 Å². The zero-order valence-electron chi connectivity index (χ0n) is 19.3. The number of nitrogens with two attached hydrogens (primary N) is 1. The summed E-state index contributed by atoms with van der Waals surface area (Å²) in [6.07, 6.45) is -0.512. The summed E-state index contributed by atoms with van der Waals surface area (Å²) in [5.41, 5.74) is 6.98. The van der Waals surface area contributed by atoms with Crippen molar-refractivity contribution in [3.63, 3.8) is 0 Å². The summed E-state index contributed by atoms with van der Waals surface area (Å²) in [5.74, 6) is -5.75. The Kier molecular flexibility index (Phi) is 10.3. The van der Waals surface area contributed by atoms with E-state index in [0.29, 0.717) is 5.56 Å². The second-order valence-electron chi connectivity index (χ2n) is 8.13. The molecule has 14 heteroatoms. The molecule has 5 unspecified atom stereocenters. The van der Waals surface area contributed by atoms with Gasteiger partial charge in [0.15, 0.2) is 0 Å². The molecule has 0 saturated carbocycles. The average Bonchev–Trinajstić information content (AvgIpc) is 3.23. The topological polar surface area (TPSA) is 224 Å². The molecule has 0 aliphatic carbocycles. The average molecular weight is 524 g/mol. The molecule has 1 aromatic carbocycles. The molecule has 0 aliphatic rings. The van der Waals surface area contributed by atoms with Gasteiger partial charge in [0.25, 0.3) is 0 Å². The Labute approximate surface area is 211 Å². The number of nitrogens with one attached hydrogen (secondary N) is 4. The number of carbonyl (C=O) groups is 5. The van der Waals surface area contributed by atoms with Crippen LogP contribution in [0.25, 0.3) is 10.9 Å². The Morgan fingerprint density at radius 2 is 1.56 bits per heavy atom. The van der Waals surface area contributed by atoms with E-state index in [0.717, 1.165) is 10.9 Å². The Balaban J connectivity index is 2.28. The van der Waals surface area contributed by atoms with Gasteiger partial charge in [0.05, 0.1) is 12.5 Å². The van der Waals surface area contributed by atoms with Crippen LogP contribution in [0.2, 0.25) is 0 Å². The fourth-order valence-corrected chi connectivity index (χ4v) is 3.59. The maximum absolute atomic E-state index is 13.0. The Morgan fingerprint density at radius 1 is 0.972 bits per heavy atom. The van der Waals surface area contributed by atoms with E-state index in [4.69, 9.17) is 10.8 Å². The second kappa shape index (κ2) is 12.9. The highest BCUT2D eigenvalue weighted by atomic mass is 32.1. The largest absolute Gasteiger partial charge is 0.481 e. The van der Waals surface area contributed by atoms with Gasteiger partial charge in [-0.05, 0) is 18.6 Å². The van der Waals surface area contributed by atoms with Crippen LogP contribution >= 0.6 is 12.6 Å². The number of carboxylic acids is 2. The zero-order chi connectivity index (χ0) is 27.0. The minimum Gasteiger partial charge on any atom is -0.481 e. The third kappa shape index (κ3) is 7.69. The van der Waals surface area contributed by atoms with Crippen LogP contribution in [0, 0.1) is 0 Å². The number of carboxylic acid groups (broad SMARTS) is 2. The summed E-state index contributed by atoms with van der Waals surface area (Å²) >= 11 is 4.05. The maximum atomic E-state index is 13.0. The molecule has 2 rings (SSSR count). The van der Waals surface area contributed by atoms with Crippen LogP contribution in [0.3, 0.4) is 0 Å². The van der Waals surface area contributed by atoms with Crippen LogP contribution in [0.15, 0.2) is 30.5 Å². The van der Waals surface area contributed by atoms with Crippen LogP contribution in [0.1, 0.15) is 18.9 Å². The smallest absolute Gasteiger partial charge is 0.326 e. The van der Waals surface area contributed by atoms with Crippen LogP contribution < -0.4 is 21.7 Å². The van der Waals surface area contributed by atoms with E-state index in [1.165, 1.54) is 6.92 Å². The van der Waals surface area contributed by atoms with E-state index >= 15 is 0 Å². The molecule has 0 bridgehead atoms. The number of aromatic nitrogens is 1. The monoisotopic (exact) mass is 523 g/mol. The number of aromatic amines is 1. The van der Waals surface area contributed by atoms with Crippen molar-refractivity contribution in [3.05, 3.63) is 36.0 Å². The minimum atomic E-state index is -1.73. The first-order valence-electron chi connectivity index (χ1n) is 10.9. The van der Waals surface area contributed by atoms with Crippen molar-refractivity contribution in [2.75, 3.05) is 5.75 Å². The number of carbonyl (C=O) groups excluding carboxylic acids is 3. The molecule has 0 fully saturated rings. The lowest BCUT2D eigenvalue weighted by Crippen LogP contribution is -2.59. The molecule has 3 amide bonds. The first-order chi connectivity index (χ1) is 16.9. The van der Waals surface area contributed by atoms with Crippen molar-refractivity contribution in [2.45, 2.75) is 50.0 Å². The molecule has 0 radical (unpaired) electrons. The number of benzene rings is 1. The summed E-state index contributed by atoms with van der Waals surface area (Å²) in [7, 11) is 0. The number of aliphatic hydroxyl groups is 1. The predicted molar refractivity (Wildman–Crippen MR) is 131 cm³/mol. The number of para-hydroxylation sites is 1. The first-order valence-corrected chi connectivity index (χ1v) is 11.5. The quantitative estimate of drug-likeness (QED) is 0.137.